The Labute approximate surface area is 112 Å². The van der Waals surface area contributed by atoms with Gasteiger partial charge in [0.05, 0.1) is 11.7 Å². The molecule has 58 valence electrons. The molecule has 0 heterocycles. The van der Waals surface area contributed by atoms with Gasteiger partial charge in [-0.3, -0.25) is 0 Å². The standard InChI is InChI=1S/C7H7NO3.K/c8-6-4(7(10)11)2-1-3-5(6)9;/h1-3,9H,8H2,(H,10,11);/q;+1/p-1. The van der Waals surface area contributed by atoms with Crippen LogP contribution in [-0.2, 0) is 0 Å². The second-order valence-electron chi connectivity index (χ2n) is 2.03. The third-order valence-corrected chi connectivity index (χ3v) is 1.30. The van der Waals surface area contributed by atoms with Gasteiger partial charge in [-0.2, -0.15) is 0 Å². The monoisotopic (exact) mass is 191 g/mol. The number of benzene rings is 1. The summed E-state index contributed by atoms with van der Waals surface area (Å²) in [6.45, 7) is 0. The average molecular weight is 191 g/mol. The van der Waals surface area contributed by atoms with Crippen molar-refractivity contribution in [2.75, 3.05) is 5.73 Å². The number of carbonyl (C=O) groups excluding carboxylic acids is 1. The van der Waals surface area contributed by atoms with Crippen LogP contribution in [0.5, 0.6) is 5.75 Å². The van der Waals surface area contributed by atoms with Crippen molar-refractivity contribution in [1.29, 1.82) is 0 Å². The van der Waals surface area contributed by atoms with E-state index in [0.29, 0.717) is 0 Å². The van der Waals surface area contributed by atoms with E-state index in [1.807, 2.05) is 0 Å². The number of carboxylic acid groups (broad SMARTS) is 1. The fraction of sp³-hybridized carbons (Fsp3) is 0. The van der Waals surface area contributed by atoms with Crippen LogP contribution in [0, 0.1) is 0 Å². The van der Waals surface area contributed by atoms with Crippen molar-refractivity contribution in [3.63, 3.8) is 0 Å². The molecule has 12 heavy (non-hydrogen) atoms. The summed E-state index contributed by atoms with van der Waals surface area (Å²) < 4.78 is 0. The Morgan fingerprint density at radius 3 is 2.50 bits per heavy atom. The molecule has 0 aliphatic carbocycles. The number of carboxylic acids is 1. The number of aromatic hydroxyl groups is 1. The van der Waals surface area contributed by atoms with E-state index in [0.717, 1.165) is 0 Å². The third-order valence-electron chi connectivity index (χ3n) is 1.30. The molecule has 0 unspecified atom stereocenters. The zero-order valence-corrected chi connectivity index (χ0v) is 9.70. The molecule has 1 rings (SSSR count). The fourth-order valence-electron chi connectivity index (χ4n) is 0.731. The first-order chi connectivity index (χ1) is 5.13. The average Bonchev–Trinajstić information content (AvgIpc) is 1.94. The maximum absolute atomic E-state index is 10.3. The van der Waals surface area contributed by atoms with Gasteiger partial charge >= 0.3 is 51.4 Å². The minimum atomic E-state index is -1.39. The number of nitrogens with two attached hydrogens (primary N) is 1. The summed E-state index contributed by atoms with van der Waals surface area (Å²) in [6.07, 6.45) is 0. The Morgan fingerprint density at radius 2 is 2.08 bits per heavy atom. The van der Waals surface area contributed by atoms with Crippen molar-refractivity contribution < 1.29 is 66.4 Å². The van der Waals surface area contributed by atoms with Gasteiger partial charge in [0.1, 0.15) is 5.75 Å². The number of rotatable bonds is 1. The van der Waals surface area contributed by atoms with E-state index in [4.69, 9.17) is 10.8 Å². The third kappa shape index (κ3) is 2.46. The molecule has 0 aliphatic rings. The van der Waals surface area contributed by atoms with E-state index in [2.05, 4.69) is 0 Å². The predicted molar refractivity (Wildman–Crippen MR) is 36.8 cm³/mol. The normalized spacial score (nSPS) is 8.67. The van der Waals surface area contributed by atoms with Gasteiger partial charge in [-0.15, -0.1) is 0 Å². The molecule has 3 N–H and O–H groups in total. The fourth-order valence-corrected chi connectivity index (χ4v) is 0.731. The molecule has 0 amide bonds. The van der Waals surface area contributed by atoms with Gasteiger partial charge in [0.2, 0.25) is 0 Å². The van der Waals surface area contributed by atoms with Crippen LogP contribution >= 0.6 is 0 Å². The number of carbonyl (C=O) groups is 1. The SMILES string of the molecule is Nc1c(O)cccc1C(=O)[O-].[K+]. The molecule has 0 aliphatic heterocycles. The number of phenols is 1. The van der Waals surface area contributed by atoms with Gasteiger partial charge < -0.3 is 20.7 Å². The topological polar surface area (TPSA) is 86.4 Å². The molecule has 0 spiro atoms. The van der Waals surface area contributed by atoms with Crippen molar-refractivity contribution in [1.82, 2.24) is 0 Å². The maximum atomic E-state index is 10.3. The van der Waals surface area contributed by atoms with E-state index in [-0.39, 0.29) is 68.4 Å². The first kappa shape index (κ1) is 11.9. The second kappa shape index (κ2) is 4.83. The quantitative estimate of drug-likeness (QED) is 0.272. The number of anilines is 1. The van der Waals surface area contributed by atoms with Crippen molar-refractivity contribution in [3.05, 3.63) is 23.8 Å². The number of nitrogen functional groups attached to an aromatic ring is 1. The number of aromatic carboxylic acids is 1. The van der Waals surface area contributed by atoms with Crippen LogP contribution in [0.2, 0.25) is 0 Å². The molecular formula is C7H6KNO3. The van der Waals surface area contributed by atoms with Gasteiger partial charge in [-0.05, 0) is 6.07 Å². The van der Waals surface area contributed by atoms with Crippen LogP contribution in [0.1, 0.15) is 10.4 Å². The van der Waals surface area contributed by atoms with Crippen molar-refractivity contribution in [3.8, 4) is 5.75 Å². The van der Waals surface area contributed by atoms with Gasteiger partial charge in [0.25, 0.3) is 0 Å². The molecule has 1 aromatic carbocycles. The molecule has 0 atom stereocenters. The zero-order chi connectivity index (χ0) is 8.43. The molecule has 5 heteroatoms. The van der Waals surface area contributed by atoms with Crippen molar-refractivity contribution in [2.45, 2.75) is 0 Å². The zero-order valence-electron chi connectivity index (χ0n) is 6.57. The van der Waals surface area contributed by atoms with E-state index < -0.39 is 5.97 Å². The van der Waals surface area contributed by atoms with E-state index in [1.54, 1.807) is 0 Å². The van der Waals surface area contributed by atoms with Crippen molar-refractivity contribution in [2.24, 2.45) is 0 Å². The summed E-state index contributed by atoms with van der Waals surface area (Å²) in [6, 6.07) is 3.96. The number of hydrogen-bond donors (Lipinski definition) is 2. The van der Waals surface area contributed by atoms with Crippen LogP contribution in [0.4, 0.5) is 5.69 Å². The van der Waals surface area contributed by atoms with Crippen LogP contribution in [0.3, 0.4) is 0 Å². The predicted octanol–water partition coefficient (Wildman–Crippen LogP) is -3.66. The van der Waals surface area contributed by atoms with Gasteiger partial charge in [0, 0.05) is 5.56 Å². The molecule has 0 aromatic heterocycles. The summed E-state index contributed by atoms with van der Waals surface area (Å²) in [5, 5.41) is 19.2. The smallest absolute Gasteiger partial charge is 0.545 e. The Bertz CT molecular complexity index is 301. The molecule has 1 aromatic rings. The first-order valence-corrected chi connectivity index (χ1v) is 2.91. The van der Waals surface area contributed by atoms with Gasteiger partial charge in [0.15, 0.2) is 0 Å². The maximum Gasteiger partial charge on any atom is 1.00 e. The number of hydrogen-bond acceptors (Lipinski definition) is 4. The molecule has 4 nitrogen and oxygen atoms in total. The molecule has 0 saturated carbocycles. The minimum absolute atomic E-state index is 0. The largest absolute Gasteiger partial charge is 1.00 e. The van der Waals surface area contributed by atoms with E-state index in [9.17, 15) is 9.90 Å². The van der Waals surface area contributed by atoms with Crippen LogP contribution in [0.25, 0.3) is 0 Å². The minimum Gasteiger partial charge on any atom is -0.545 e. The summed E-state index contributed by atoms with van der Waals surface area (Å²) in [5.74, 6) is -1.63. The first-order valence-electron chi connectivity index (χ1n) is 2.91. The number of para-hydroxylation sites is 1. The second-order valence-corrected chi connectivity index (χ2v) is 2.03. The van der Waals surface area contributed by atoms with Crippen LogP contribution in [0.15, 0.2) is 18.2 Å². The summed E-state index contributed by atoms with van der Waals surface area (Å²) in [4.78, 5) is 10.3. The van der Waals surface area contributed by atoms with Crippen LogP contribution in [-0.4, -0.2) is 11.1 Å². The molecule has 0 bridgehead atoms. The summed E-state index contributed by atoms with van der Waals surface area (Å²) >= 11 is 0. The Morgan fingerprint density at radius 1 is 1.50 bits per heavy atom. The van der Waals surface area contributed by atoms with Gasteiger partial charge in [-0.1, -0.05) is 12.1 Å². The summed E-state index contributed by atoms with van der Waals surface area (Å²) in [7, 11) is 0. The number of phenolic OH excluding ortho intramolecular Hbond substituents is 1. The Balaban J connectivity index is 0.00000121. The Hall–Kier alpha value is -0.0736. The molecule has 0 radical (unpaired) electrons. The van der Waals surface area contributed by atoms with E-state index >= 15 is 0 Å². The van der Waals surface area contributed by atoms with Crippen molar-refractivity contribution >= 4 is 11.7 Å². The molecule has 0 fully saturated rings. The molecule has 0 saturated heterocycles. The van der Waals surface area contributed by atoms with E-state index in [1.165, 1.54) is 18.2 Å². The summed E-state index contributed by atoms with van der Waals surface area (Å²) in [5.41, 5.74) is 4.86. The Kier molecular flexibility index (Phi) is 4.80. The van der Waals surface area contributed by atoms with Gasteiger partial charge in [-0.25, -0.2) is 0 Å². The van der Waals surface area contributed by atoms with Crippen LogP contribution < -0.4 is 62.2 Å². The molecular weight excluding hydrogens is 185 g/mol.